The Morgan fingerprint density at radius 2 is 1.94 bits per heavy atom. The molecule has 0 amide bonds. The van der Waals surface area contributed by atoms with Crippen LogP contribution in [0.25, 0.3) is 22.3 Å². The van der Waals surface area contributed by atoms with Crippen molar-refractivity contribution < 1.29 is 19.0 Å². The third-order valence-electron chi connectivity index (χ3n) is 5.20. The Morgan fingerprint density at radius 3 is 2.58 bits per heavy atom. The van der Waals surface area contributed by atoms with Crippen LogP contribution in [-0.4, -0.2) is 58.0 Å². The lowest BCUT2D eigenvalue weighted by Crippen LogP contribution is -2.19. The second-order valence-electron chi connectivity index (χ2n) is 8.12. The number of hydrogen-bond acceptors (Lipinski definition) is 8. The highest BCUT2D eigenvalue weighted by atomic mass is 35.5. The molecule has 0 spiro atoms. The number of pyridine rings is 3. The number of phenolic OH excluding ortho intramolecular Hbond substituents is 1. The van der Waals surface area contributed by atoms with Crippen LogP contribution in [-0.2, 0) is 0 Å². The van der Waals surface area contributed by atoms with Gasteiger partial charge in [-0.3, -0.25) is 9.78 Å². The molecule has 1 aromatic carbocycles. The van der Waals surface area contributed by atoms with Gasteiger partial charge in [-0.25, -0.2) is 14.4 Å². The second kappa shape index (κ2) is 11.3. The van der Waals surface area contributed by atoms with Crippen molar-refractivity contribution in [3.63, 3.8) is 0 Å². The van der Waals surface area contributed by atoms with E-state index in [9.17, 15) is 14.3 Å². The van der Waals surface area contributed by atoms with E-state index in [0.29, 0.717) is 51.7 Å². The number of nitrogens with one attached hydrogen (secondary N) is 1. The van der Waals surface area contributed by atoms with Gasteiger partial charge in [0.1, 0.15) is 12.1 Å². The summed E-state index contributed by atoms with van der Waals surface area (Å²) in [6.45, 7) is 2.70. The van der Waals surface area contributed by atoms with Crippen LogP contribution in [0.3, 0.4) is 0 Å². The number of anilines is 2. The van der Waals surface area contributed by atoms with Crippen LogP contribution < -0.4 is 10.1 Å². The van der Waals surface area contributed by atoms with Gasteiger partial charge >= 0.3 is 0 Å². The average molecular weight is 512 g/mol. The minimum absolute atomic E-state index is 0. The molecule has 0 radical (unpaired) electrons. The SMILES string of the molecule is C.CC(=O)c1cnc2ccc(-c3cc(F)c(O)c(Cl)c3)nc2c1Nc1ccc(OCCN(C)C)nc1. The van der Waals surface area contributed by atoms with Crippen LogP contribution in [0, 0.1) is 5.82 Å². The van der Waals surface area contributed by atoms with Gasteiger partial charge in [-0.2, -0.15) is 0 Å². The lowest BCUT2D eigenvalue weighted by Gasteiger charge is -2.14. The second-order valence-corrected chi connectivity index (χ2v) is 8.52. The molecule has 3 aromatic heterocycles. The number of carbonyl (C=O) groups is 1. The lowest BCUT2D eigenvalue weighted by atomic mass is 10.1. The molecule has 36 heavy (non-hydrogen) atoms. The maximum atomic E-state index is 14.1. The lowest BCUT2D eigenvalue weighted by molar-refractivity contribution is 0.101. The van der Waals surface area contributed by atoms with Gasteiger partial charge in [0.15, 0.2) is 17.3 Å². The third-order valence-corrected chi connectivity index (χ3v) is 5.49. The Kier molecular flexibility index (Phi) is 8.39. The number of ether oxygens (including phenoxy) is 1. The smallest absolute Gasteiger partial charge is 0.213 e. The predicted octanol–water partition coefficient (Wildman–Crippen LogP) is 5.71. The van der Waals surface area contributed by atoms with Crippen LogP contribution in [0.5, 0.6) is 11.6 Å². The van der Waals surface area contributed by atoms with Gasteiger partial charge in [0.25, 0.3) is 0 Å². The van der Waals surface area contributed by atoms with E-state index in [1.165, 1.54) is 19.2 Å². The van der Waals surface area contributed by atoms with Crippen molar-refractivity contribution in [2.24, 2.45) is 0 Å². The predicted molar refractivity (Wildman–Crippen MR) is 140 cm³/mol. The van der Waals surface area contributed by atoms with Crippen LogP contribution in [0.2, 0.25) is 5.02 Å². The molecular weight excluding hydrogens is 485 g/mol. The Balaban J connectivity index is 0.00000361. The van der Waals surface area contributed by atoms with Gasteiger partial charge in [0, 0.05) is 24.4 Å². The Morgan fingerprint density at radius 1 is 1.17 bits per heavy atom. The minimum atomic E-state index is -0.859. The first-order chi connectivity index (χ1) is 16.7. The molecule has 0 aliphatic heterocycles. The number of likely N-dealkylation sites (N-methyl/N-ethyl adjacent to an activating group) is 1. The summed E-state index contributed by atoms with van der Waals surface area (Å²) in [5.41, 5.74) is 3.10. The monoisotopic (exact) mass is 511 g/mol. The number of rotatable bonds is 8. The highest BCUT2D eigenvalue weighted by Gasteiger charge is 2.17. The first kappa shape index (κ1) is 26.8. The number of carbonyl (C=O) groups excluding carboxylic acids is 1. The average Bonchev–Trinajstić information content (AvgIpc) is 2.82. The van der Waals surface area contributed by atoms with Crippen LogP contribution in [0.15, 0.2) is 48.8 Å². The number of hydrogen-bond donors (Lipinski definition) is 2. The van der Waals surface area contributed by atoms with Crippen molar-refractivity contribution >= 4 is 39.8 Å². The van der Waals surface area contributed by atoms with Crippen molar-refractivity contribution in [1.29, 1.82) is 0 Å². The van der Waals surface area contributed by atoms with Crippen molar-refractivity contribution in [2.45, 2.75) is 14.4 Å². The van der Waals surface area contributed by atoms with Crippen molar-refractivity contribution in [3.8, 4) is 22.9 Å². The third kappa shape index (κ3) is 5.87. The minimum Gasteiger partial charge on any atom is -0.504 e. The highest BCUT2D eigenvalue weighted by Crippen LogP contribution is 2.34. The molecule has 0 aliphatic carbocycles. The summed E-state index contributed by atoms with van der Waals surface area (Å²) in [5, 5.41) is 12.7. The van der Waals surface area contributed by atoms with Crippen molar-refractivity contribution in [1.82, 2.24) is 19.9 Å². The quantitative estimate of drug-likeness (QED) is 0.290. The normalized spacial score (nSPS) is 10.8. The molecule has 3 heterocycles. The number of fused-ring (bicyclic) bond motifs is 1. The number of phenols is 1. The van der Waals surface area contributed by atoms with Crippen LogP contribution >= 0.6 is 11.6 Å². The first-order valence-corrected chi connectivity index (χ1v) is 11.1. The van der Waals surface area contributed by atoms with Gasteiger partial charge in [0.05, 0.1) is 39.4 Å². The largest absolute Gasteiger partial charge is 0.504 e. The summed E-state index contributed by atoms with van der Waals surface area (Å²) < 4.78 is 19.7. The summed E-state index contributed by atoms with van der Waals surface area (Å²) in [4.78, 5) is 27.7. The van der Waals surface area contributed by atoms with Crippen molar-refractivity contribution in [2.75, 3.05) is 32.6 Å². The van der Waals surface area contributed by atoms with Crippen molar-refractivity contribution in [3.05, 3.63) is 65.2 Å². The molecule has 0 fully saturated rings. The number of nitrogens with zero attached hydrogens (tertiary/aromatic N) is 4. The molecule has 0 atom stereocenters. The zero-order valence-corrected chi connectivity index (χ0v) is 20.1. The van der Waals surface area contributed by atoms with E-state index in [4.69, 9.17) is 16.3 Å². The Bertz CT molecular complexity index is 1370. The maximum absolute atomic E-state index is 14.1. The first-order valence-electron chi connectivity index (χ1n) is 10.7. The van der Waals surface area contributed by atoms with Gasteiger partial charge in [0.2, 0.25) is 5.88 Å². The van der Waals surface area contributed by atoms with E-state index in [1.807, 2.05) is 19.0 Å². The molecule has 0 bridgehead atoms. The molecule has 4 aromatic rings. The van der Waals surface area contributed by atoms with E-state index in [2.05, 4.69) is 20.3 Å². The molecule has 8 nitrogen and oxygen atoms in total. The van der Waals surface area contributed by atoms with E-state index in [-0.39, 0.29) is 18.2 Å². The molecule has 4 rings (SSSR count). The fraction of sp³-hybridized carbons (Fsp3) is 0.231. The number of aromatic nitrogens is 3. The van der Waals surface area contributed by atoms with E-state index in [1.54, 1.807) is 30.5 Å². The fourth-order valence-corrected chi connectivity index (χ4v) is 3.56. The summed E-state index contributed by atoms with van der Waals surface area (Å²) in [6.07, 6.45) is 3.08. The number of Topliss-reactive ketones (excluding diaryl/α,β-unsaturated/α-hetero) is 1. The number of ketones is 1. The standard InChI is InChI=1S/C25H23ClFN5O3.CH4/c1-14(33)17-13-28-21-6-5-20(15-10-18(26)25(34)19(27)11-15)31-24(21)23(17)30-16-4-7-22(29-12-16)35-9-8-32(2)3;/h4-7,10-13,34H,8-9H2,1-3H3,(H,28,30);1H4. The van der Waals surface area contributed by atoms with Gasteiger partial charge in [-0.1, -0.05) is 19.0 Å². The molecule has 0 unspecified atom stereocenters. The number of halogens is 2. The molecule has 0 aliphatic rings. The molecular formula is C26H27ClFN5O3. The molecule has 0 saturated carbocycles. The summed E-state index contributed by atoms with van der Waals surface area (Å²) in [5.74, 6) is -1.21. The van der Waals surface area contributed by atoms with Gasteiger partial charge < -0.3 is 20.1 Å². The fourth-order valence-electron chi connectivity index (χ4n) is 3.35. The van der Waals surface area contributed by atoms with E-state index in [0.717, 1.165) is 12.6 Å². The molecule has 188 valence electrons. The summed E-state index contributed by atoms with van der Waals surface area (Å²) in [6, 6.07) is 9.45. The number of benzene rings is 1. The molecule has 0 saturated heterocycles. The zero-order chi connectivity index (χ0) is 25.1. The van der Waals surface area contributed by atoms with E-state index < -0.39 is 11.6 Å². The Labute approximate surface area is 213 Å². The van der Waals surface area contributed by atoms with E-state index >= 15 is 0 Å². The maximum Gasteiger partial charge on any atom is 0.213 e. The van der Waals surface area contributed by atoms with Crippen LogP contribution in [0.4, 0.5) is 15.8 Å². The highest BCUT2D eigenvalue weighted by molar-refractivity contribution is 6.32. The van der Waals surface area contributed by atoms with Gasteiger partial charge in [-0.05, 0) is 51.4 Å². The number of aromatic hydroxyl groups is 1. The van der Waals surface area contributed by atoms with Gasteiger partial charge in [-0.15, -0.1) is 0 Å². The summed E-state index contributed by atoms with van der Waals surface area (Å²) in [7, 11) is 3.92. The van der Waals surface area contributed by atoms with Crippen LogP contribution in [0.1, 0.15) is 24.7 Å². The zero-order valence-electron chi connectivity index (χ0n) is 19.3. The molecule has 10 heteroatoms. The molecule has 2 N–H and O–H groups in total. The Hall–Kier alpha value is -3.82. The topological polar surface area (TPSA) is 100 Å². The summed E-state index contributed by atoms with van der Waals surface area (Å²) >= 11 is 5.95.